The van der Waals surface area contributed by atoms with Crippen LogP contribution in [0.4, 0.5) is 5.69 Å². The second-order valence-corrected chi connectivity index (χ2v) is 9.22. The number of nitrogens with one attached hydrogen (secondary N) is 1. The second-order valence-electron chi connectivity index (χ2n) is 7.94. The van der Waals surface area contributed by atoms with Gasteiger partial charge in [-0.2, -0.15) is 0 Å². The summed E-state index contributed by atoms with van der Waals surface area (Å²) in [6.07, 6.45) is -0.00349. The molecule has 1 N–H and O–H groups in total. The number of carbonyl (C=O) groups excluding carboxylic acids is 2. The molecule has 1 saturated heterocycles. The summed E-state index contributed by atoms with van der Waals surface area (Å²) >= 11 is 9.12. The van der Waals surface area contributed by atoms with Crippen molar-refractivity contribution in [1.29, 1.82) is 0 Å². The monoisotopic (exact) mass is 537 g/mol. The van der Waals surface area contributed by atoms with Crippen LogP contribution in [0, 0.1) is 0 Å². The van der Waals surface area contributed by atoms with Crippen molar-refractivity contribution < 1.29 is 14.3 Å². The van der Waals surface area contributed by atoms with Crippen molar-refractivity contribution >= 4 is 50.8 Å². The van der Waals surface area contributed by atoms with Crippen LogP contribution in [0.25, 0.3) is 0 Å². The molecular weight excluding hydrogens is 514 g/mol. The van der Waals surface area contributed by atoms with Gasteiger partial charge in [0.2, 0.25) is 5.91 Å². The van der Waals surface area contributed by atoms with E-state index in [4.69, 9.17) is 17.0 Å². The number of nitrogens with zero attached hydrogens (tertiary/aromatic N) is 2. The highest BCUT2D eigenvalue weighted by molar-refractivity contribution is 9.10. The number of hydrogen-bond acceptors (Lipinski definition) is 4. The lowest BCUT2D eigenvalue weighted by Crippen LogP contribution is -2.37. The molecule has 1 atom stereocenters. The highest BCUT2D eigenvalue weighted by atomic mass is 79.9. The minimum absolute atomic E-state index is 0.00349. The number of halogens is 1. The third-order valence-electron chi connectivity index (χ3n) is 5.61. The first-order valence-corrected chi connectivity index (χ1v) is 12.0. The zero-order chi connectivity index (χ0) is 24.1. The van der Waals surface area contributed by atoms with Crippen LogP contribution >= 0.6 is 28.1 Å². The van der Waals surface area contributed by atoms with Crippen molar-refractivity contribution in [3.05, 3.63) is 94.5 Å². The molecule has 2 amide bonds. The molecule has 4 rings (SSSR count). The van der Waals surface area contributed by atoms with Crippen molar-refractivity contribution in [1.82, 2.24) is 9.80 Å². The molecule has 3 aromatic rings. The lowest BCUT2D eigenvalue weighted by Gasteiger charge is -2.24. The molecule has 1 heterocycles. The van der Waals surface area contributed by atoms with Gasteiger partial charge in [0.25, 0.3) is 5.91 Å². The quantitative estimate of drug-likeness (QED) is 0.410. The van der Waals surface area contributed by atoms with E-state index < -0.39 is 6.04 Å². The number of hydrogen-bond donors (Lipinski definition) is 1. The lowest BCUT2D eigenvalue weighted by atomic mass is 10.1. The smallest absolute Gasteiger partial charge is 0.252 e. The number of anilines is 1. The molecule has 0 saturated carbocycles. The summed E-state index contributed by atoms with van der Waals surface area (Å²) in [6.45, 7) is 0.776. The molecular formula is C26H24BrN3O3S. The van der Waals surface area contributed by atoms with Crippen molar-refractivity contribution in [3.63, 3.8) is 0 Å². The van der Waals surface area contributed by atoms with Gasteiger partial charge in [-0.05, 0) is 59.7 Å². The predicted molar refractivity (Wildman–Crippen MR) is 139 cm³/mol. The third kappa shape index (κ3) is 5.63. The number of thiocarbonyl (C=S) groups is 1. The van der Waals surface area contributed by atoms with E-state index in [9.17, 15) is 9.59 Å². The average molecular weight is 538 g/mol. The van der Waals surface area contributed by atoms with E-state index in [1.165, 1.54) is 0 Å². The van der Waals surface area contributed by atoms with Gasteiger partial charge < -0.3 is 15.0 Å². The third-order valence-corrected chi connectivity index (χ3v) is 6.59. The first-order valence-electron chi connectivity index (χ1n) is 10.8. The Morgan fingerprint density at radius 3 is 2.26 bits per heavy atom. The van der Waals surface area contributed by atoms with Gasteiger partial charge in [-0.25, -0.2) is 0 Å². The van der Waals surface area contributed by atoms with E-state index >= 15 is 0 Å². The number of benzene rings is 3. The fourth-order valence-corrected chi connectivity index (χ4v) is 4.44. The zero-order valence-electron chi connectivity index (χ0n) is 18.6. The van der Waals surface area contributed by atoms with Crippen LogP contribution in [0.2, 0.25) is 0 Å². The number of rotatable bonds is 8. The minimum Gasteiger partial charge on any atom is -0.497 e. The lowest BCUT2D eigenvalue weighted by molar-refractivity contribution is -0.131. The number of methoxy groups -OCH3 is 1. The van der Waals surface area contributed by atoms with Gasteiger partial charge in [0.15, 0.2) is 5.11 Å². The van der Waals surface area contributed by atoms with Crippen LogP contribution in [-0.2, 0) is 22.7 Å². The molecule has 0 bridgehead atoms. The molecule has 1 unspecified atom stereocenters. The summed E-state index contributed by atoms with van der Waals surface area (Å²) in [6, 6.07) is 23.9. The summed E-state index contributed by atoms with van der Waals surface area (Å²) in [4.78, 5) is 29.7. The number of amides is 2. The fraction of sp³-hybridized carbons (Fsp3) is 0.192. The van der Waals surface area contributed by atoms with Crippen LogP contribution < -0.4 is 10.1 Å². The Morgan fingerprint density at radius 1 is 0.971 bits per heavy atom. The molecule has 3 aromatic carbocycles. The molecule has 6 nitrogen and oxygen atoms in total. The van der Waals surface area contributed by atoms with Crippen molar-refractivity contribution in [2.75, 3.05) is 12.4 Å². The van der Waals surface area contributed by atoms with Crippen LogP contribution in [0.15, 0.2) is 83.3 Å². The molecule has 0 spiro atoms. The highest BCUT2D eigenvalue weighted by Gasteiger charge is 2.43. The second kappa shape index (κ2) is 10.8. The topological polar surface area (TPSA) is 61.9 Å². The maximum Gasteiger partial charge on any atom is 0.252 e. The number of carbonyl (C=O) groups is 2. The Balaban J connectivity index is 1.55. The maximum absolute atomic E-state index is 13.4. The first-order chi connectivity index (χ1) is 16.4. The van der Waals surface area contributed by atoms with Crippen molar-refractivity contribution in [3.8, 4) is 5.75 Å². The Morgan fingerprint density at radius 2 is 1.62 bits per heavy atom. The average Bonchev–Trinajstić information content (AvgIpc) is 3.06. The van der Waals surface area contributed by atoms with Crippen molar-refractivity contribution in [2.45, 2.75) is 25.6 Å². The first kappa shape index (κ1) is 23.9. The Labute approximate surface area is 212 Å². The molecule has 0 aliphatic carbocycles. The normalized spacial score (nSPS) is 15.5. The highest BCUT2D eigenvalue weighted by Crippen LogP contribution is 2.26. The SMILES string of the molecule is COc1ccc(CN2C(=S)N(Cc3ccccc3)C(=O)C2CC(=O)Nc2ccc(Br)cc2)cc1. The molecule has 1 aliphatic heterocycles. The van der Waals surface area contributed by atoms with Crippen LogP contribution in [0.1, 0.15) is 17.5 Å². The van der Waals surface area contributed by atoms with Gasteiger partial charge in [-0.1, -0.05) is 58.4 Å². The number of ether oxygens (including phenoxy) is 1. The van der Waals surface area contributed by atoms with Gasteiger partial charge in [0, 0.05) is 16.7 Å². The maximum atomic E-state index is 13.4. The minimum atomic E-state index is -0.686. The summed E-state index contributed by atoms with van der Waals surface area (Å²) in [5.74, 6) is 0.332. The Kier molecular flexibility index (Phi) is 7.59. The van der Waals surface area contributed by atoms with E-state index in [1.54, 1.807) is 24.1 Å². The van der Waals surface area contributed by atoms with Gasteiger partial charge >= 0.3 is 0 Å². The van der Waals surface area contributed by atoms with Crippen LogP contribution in [0.5, 0.6) is 5.75 Å². The molecule has 1 fully saturated rings. The van der Waals surface area contributed by atoms with E-state index in [2.05, 4.69) is 21.2 Å². The predicted octanol–water partition coefficient (Wildman–Crippen LogP) is 4.98. The van der Waals surface area contributed by atoms with Crippen LogP contribution in [-0.4, -0.2) is 39.9 Å². The molecule has 8 heteroatoms. The van der Waals surface area contributed by atoms with E-state index in [1.807, 2.05) is 71.6 Å². The standard InChI is InChI=1S/C26H24BrN3O3S/c1-33-22-13-7-19(8-14-22)16-29-23(15-24(31)28-21-11-9-20(27)10-12-21)25(32)30(26(29)34)17-18-5-3-2-4-6-18/h2-14,23H,15-17H2,1H3,(H,28,31). The van der Waals surface area contributed by atoms with Crippen LogP contribution in [0.3, 0.4) is 0 Å². The van der Waals surface area contributed by atoms with Crippen molar-refractivity contribution in [2.24, 2.45) is 0 Å². The molecule has 174 valence electrons. The summed E-state index contributed by atoms with van der Waals surface area (Å²) < 4.78 is 6.16. The van der Waals surface area contributed by atoms with Gasteiger partial charge in [-0.3, -0.25) is 14.5 Å². The van der Waals surface area contributed by atoms with Gasteiger partial charge in [0.1, 0.15) is 11.8 Å². The van der Waals surface area contributed by atoms with Gasteiger partial charge in [0.05, 0.1) is 20.1 Å². The summed E-state index contributed by atoms with van der Waals surface area (Å²) in [5, 5.41) is 3.30. The molecule has 0 radical (unpaired) electrons. The Hall–Kier alpha value is -3.23. The summed E-state index contributed by atoms with van der Waals surface area (Å²) in [5.41, 5.74) is 2.61. The molecule has 0 aromatic heterocycles. The van der Waals surface area contributed by atoms with Gasteiger partial charge in [-0.15, -0.1) is 0 Å². The fourth-order valence-electron chi connectivity index (χ4n) is 3.83. The molecule has 34 heavy (non-hydrogen) atoms. The summed E-state index contributed by atoms with van der Waals surface area (Å²) in [7, 11) is 1.62. The zero-order valence-corrected chi connectivity index (χ0v) is 21.0. The van der Waals surface area contributed by atoms with E-state index in [0.29, 0.717) is 23.9 Å². The Bertz CT molecular complexity index is 1170. The van der Waals surface area contributed by atoms with E-state index in [0.717, 1.165) is 21.3 Å². The molecule has 1 aliphatic rings. The van der Waals surface area contributed by atoms with E-state index in [-0.39, 0.29) is 18.2 Å². The largest absolute Gasteiger partial charge is 0.497 e.